The van der Waals surface area contributed by atoms with Gasteiger partial charge in [0.15, 0.2) is 11.6 Å². The predicted molar refractivity (Wildman–Crippen MR) is 80.6 cm³/mol. The molecule has 3 heterocycles. The molecule has 0 unspecified atom stereocenters. The van der Waals surface area contributed by atoms with E-state index >= 15 is 0 Å². The Morgan fingerprint density at radius 2 is 2.21 bits per heavy atom. The standard InChI is InChI=1S/C13H12N4S2/c14-17-12-10-8-2-1-3-9(8)19-13(10)16-11(15-12)7-4-5-18-6-7/h4-6H,1-3,14H2,(H,15,16,17). The van der Waals surface area contributed by atoms with Crippen LogP contribution >= 0.6 is 22.7 Å². The number of hydrogen-bond donors (Lipinski definition) is 2. The van der Waals surface area contributed by atoms with Crippen molar-refractivity contribution in [1.82, 2.24) is 9.97 Å². The molecule has 4 nitrogen and oxygen atoms in total. The van der Waals surface area contributed by atoms with Gasteiger partial charge in [-0.3, -0.25) is 0 Å². The third kappa shape index (κ3) is 1.68. The lowest BCUT2D eigenvalue weighted by Crippen LogP contribution is -2.10. The quantitative estimate of drug-likeness (QED) is 0.561. The summed E-state index contributed by atoms with van der Waals surface area (Å²) < 4.78 is 0. The minimum absolute atomic E-state index is 0.752. The molecular weight excluding hydrogens is 276 g/mol. The van der Waals surface area contributed by atoms with Crippen LogP contribution < -0.4 is 11.3 Å². The molecular formula is C13H12N4S2. The highest BCUT2D eigenvalue weighted by Crippen LogP contribution is 2.40. The first-order valence-electron chi connectivity index (χ1n) is 6.18. The molecule has 0 saturated heterocycles. The maximum Gasteiger partial charge on any atom is 0.164 e. The zero-order valence-corrected chi connectivity index (χ0v) is 11.8. The number of nitrogens with zero attached hydrogens (tertiary/aromatic N) is 2. The average molecular weight is 288 g/mol. The molecule has 0 aromatic carbocycles. The second-order valence-electron chi connectivity index (χ2n) is 4.59. The summed E-state index contributed by atoms with van der Waals surface area (Å²) in [5.41, 5.74) is 5.19. The smallest absolute Gasteiger partial charge is 0.164 e. The Kier molecular flexibility index (Phi) is 2.54. The van der Waals surface area contributed by atoms with Crippen LogP contribution in [0.2, 0.25) is 0 Å². The maximum atomic E-state index is 5.66. The summed E-state index contributed by atoms with van der Waals surface area (Å²) >= 11 is 3.43. The molecule has 6 heteroatoms. The van der Waals surface area contributed by atoms with Crippen molar-refractivity contribution in [3.05, 3.63) is 27.3 Å². The monoisotopic (exact) mass is 288 g/mol. The van der Waals surface area contributed by atoms with Gasteiger partial charge in [-0.25, -0.2) is 15.8 Å². The molecule has 4 rings (SSSR count). The van der Waals surface area contributed by atoms with E-state index in [1.165, 1.54) is 16.9 Å². The zero-order valence-electron chi connectivity index (χ0n) is 10.1. The molecule has 0 radical (unpaired) electrons. The third-order valence-corrected chi connectivity index (χ3v) is 5.35. The second kappa shape index (κ2) is 4.26. The summed E-state index contributed by atoms with van der Waals surface area (Å²) in [5.74, 6) is 7.17. The molecule has 0 amide bonds. The fraction of sp³-hybridized carbons (Fsp3) is 0.231. The Morgan fingerprint density at radius 1 is 1.26 bits per heavy atom. The molecule has 0 bridgehead atoms. The van der Waals surface area contributed by atoms with Gasteiger partial charge in [-0.2, -0.15) is 11.3 Å². The van der Waals surface area contributed by atoms with E-state index < -0.39 is 0 Å². The van der Waals surface area contributed by atoms with Gasteiger partial charge in [0.25, 0.3) is 0 Å². The van der Waals surface area contributed by atoms with Crippen molar-refractivity contribution in [3.8, 4) is 11.4 Å². The first kappa shape index (κ1) is 11.3. The fourth-order valence-electron chi connectivity index (χ4n) is 2.62. The lowest BCUT2D eigenvalue weighted by Gasteiger charge is -2.05. The zero-order chi connectivity index (χ0) is 12.8. The highest BCUT2D eigenvalue weighted by atomic mass is 32.1. The van der Waals surface area contributed by atoms with Gasteiger partial charge in [0.1, 0.15) is 4.83 Å². The van der Waals surface area contributed by atoms with Crippen molar-refractivity contribution in [1.29, 1.82) is 0 Å². The normalized spacial score (nSPS) is 13.9. The molecule has 0 fully saturated rings. The molecule has 1 aliphatic rings. The molecule has 3 N–H and O–H groups in total. The molecule has 3 aromatic heterocycles. The lowest BCUT2D eigenvalue weighted by atomic mass is 10.2. The largest absolute Gasteiger partial charge is 0.308 e. The molecule has 0 aliphatic heterocycles. The van der Waals surface area contributed by atoms with Crippen LogP contribution in [0.1, 0.15) is 16.9 Å². The van der Waals surface area contributed by atoms with Gasteiger partial charge in [0.2, 0.25) is 0 Å². The van der Waals surface area contributed by atoms with Crippen molar-refractivity contribution < 1.29 is 0 Å². The number of aryl methyl sites for hydroxylation is 2. The number of anilines is 1. The van der Waals surface area contributed by atoms with Crippen molar-refractivity contribution in [2.45, 2.75) is 19.3 Å². The van der Waals surface area contributed by atoms with Gasteiger partial charge >= 0.3 is 0 Å². The number of thiophene rings is 2. The van der Waals surface area contributed by atoms with Crippen LogP contribution in [-0.4, -0.2) is 9.97 Å². The van der Waals surface area contributed by atoms with Crippen LogP contribution in [0.25, 0.3) is 21.6 Å². The van der Waals surface area contributed by atoms with Crippen molar-refractivity contribution in [2.24, 2.45) is 5.84 Å². The Balaban J connectivity index is 2.01. The van der Waals surface area contributed by atoms with Crippen LogP contribution in [0, 0.1) is 0 Å². The number of nitrogens with two attached hydrogens (primary N) is 1. The third-order valence-electron chi connectivity index (χ3n) is 3.48. The Morgan fingerprint density at radius 3 is 3.00 bits per heavy atom. The summed E-state index contributed by atoms with van der Waals surface area (Å²) in [6, 6.07) is 2.04. The summed E-state index contributed by atoms with van der Waals surface area (Å²) in [5, 5.41) is 5.22. The average Bonchev–Trinajstić information content (AvgIpc) is 3.13. The number of rotatable bonds is 2. The first-order valence-corrected chi connectivity index (χ1v) is 7.94. The van der Waals surface area contributed by atoms with Crippen LogP contribution in [0.5, 0.6) is 0 Å². The first-order chi connectivity index (χ1) is 9.36. The molecule has 96 valence electrons. The highest BCUT2D eigenvalue weighted by molar-refractivity contribution is 7.19. The number of hydrogen-bond acceptors (Lipinski definition) is 6. The Hall–Kier alpha value is -1.50. The van der Waals surface area contributed by atoms with Crippen molar-refractivity contribution in [3.63, 3.8) is 0 Å². The lowest BCUT2D eigenvalue weighted by molar-refractivity contribution is 0.917. The van der Waals surface area contributed by atoms with Crippen LogP contribution in [0.3, 0.4) is 0 Å². The summed E-state index contributed by atoms with van der Waals surface area (Å²) in [7, 11) is 0. The number of fused-ring (bicyclic) bond motifs is 3. The topological polar surface area (TPSA) is 63.8 Å². The van der Waals surface area contributed by atoms with E-state index in [1.54, 1.807) is 22.7 Å². The van der Waals surface area contributed by atoms with Crippen molar-refractivity contribution >= 4 is 38.7 Å². The second-order valence-corrected chi connectivity index (χ2v) is 6.45. The summed E-state index contributed by atoms with van der Waals surface area (Å²) in [6.07, 6.45) is 3.51. The minimum atomic E-state index is 0.752. The molecule has 1 aliphatic carbocycles. The number of aromatic nitrogens is 2. The van der Waals surface area contributed by atoms with Crippen LogP contribution in [-0.2, 0) is 12.8 Å². The van der Waals surface area contributed by atoms with E-state index in [0.29, 0.717) is 0 Å². The molecule has 0 saturated carbocycles. The molecule has 3 aromatic rings. The Bertz CT molecular complexity index is 746. The SMILES string of the molecule is NNc1nc(-c2ccsc2)nc2sc3c(c12)CCC3. The summed E-state index contributed by atoms with van der Waals surface area (Å²) in [4.78, 5) is 11.8. The maximum absolute atomic E-state index is 5.66. The van der Waals surface area contributed by atoms with E-state index in [2.05, 4.69) is 15.8 Å². The van der Waals surface area contributed by atoms with E-state index in [4.69, 9.17) is 10.8 Å². The van der Waals surface area contributed by atoms with Crippen LogP contribution in [0.15, 0.2) is 16.8 Å². The van der Waals surface area contributed by atoms with Crippen molar-refractivity contribution in [2.75, 3.05) is 5.43 Å². The summed E-state index contributed by atoms with van der Waals surface area (Å²) in [6.45, 7) is 0. The van der Waals surface area contributed by atoms with E-state index in [9.17, 15) is 0 Å². The van der Waals surface area contributed by atoms with Gasteiger partial charge in [-0.1, -0.05) is 0 Å². The minimum Gasteiger partial charge on any atom is -0.308 e. The number of nitrogen functional groups attached to an aromatic ring is 1. The van der Waals surface area contributed by atoms with Gasteiger partial charge in [-0.05, 0) is 36.3 Å². The van der Waals surface area contributed by atoms with Gasteiger partial charge in [-0.15, -0.1) is 11.3 Å². The van der Waals surface area contributed by atoms with Gasteiger partial charge in [0.05, 0.1) is 5.39 Å². The highest BCUT2D eigenvalue weighted by Gasteiger charge is 2.22. The molecule has 19 heavy (non-hydrogen) atoms. The molecule has 0 spiro atoms. The van der Waals surface area contributed by atoms with Gasteiger partial charge in [0, 0.05) is 15.8 Å². The van der Waals surface area contributed by atoms with Gasteiger partial charge < -0.3 is 5.43 Å². The number of nitrogens with one attached hydrogen (secondary N) is 1. The predicted octanol–water partition coefficient (Wildman–Crippen LogP) is 3.19. The van der Waals surface area contributed by atoms with E-state index in [1.807, 2.05) is 11.4 Å². The number of hydrazine groups is 1. The van der Waals surface area contributed by atoms with Crippen LogP contribution in [0.4, 0.5) is 5.82 Å². The van der Waals surface area contributed by atoms with E-state index in [-0.39, 0.29) is 0 Å². The fourth-order valence-corrected chi connectivity index (χ4v) is 4.52. The molecule has 0 atom stereocenters. The van der Waals surface area contributed by atoms with E-state index in [0.717, 1.165) is 40.3 Å². The Labute approximate surface area is 118 Å².